The maximum atomic E-state index is 3.84. The molecule has 0 unspecified atom stereocenters. The summed E-state index contributed by atoms with van der Waals surface area (Å²) in [6.07, 6.45) is 3.51. The Morgan fingerprint density at radius 1 is 1.17 bits per heavy atom. The molecule has 0 radical (unpaired) electrons. The van der Waals surface area contributed by atoms with Crippen LogP contribution in [0.1, 0.15) is 19.4 Å². The van der Waals surface area contributed by atoms with Gasteiger partial charge < -0.3 is 0 Å². The summed E-state index contributed by atoms with van der Waals surface area (Å²) in [5.41, 5.74) is 1.20. The molecule has 0 atom stereocenters. The van der Waals surface area contributed by atoms with Crippen molar-refractivity contribution in [2.75, 3.05) is 0 Å². The van der Waals surface area contributed by atoms with Gasteiger partial charge in [-0.2, -0.15) is 5.10 Å². The Morgan fingerprint density at radius 2 is 1.92 bits per heavy atom. The number of aromatic amines is 1. The molecule has 12 heavy (non-hydrogen) atoms. The van der Waals surface area contributed by atoms with E-state index in [1.807, 2.05) is 45.0 Å². The molecule has 0 aliphatic carbocycles. The van der Waals surface area contributed by atoms with Gasteiger partial charge in [0.25, 0.3) is 0 Å². The molecule has 0 aromatic carbocycles. The van der Waals surface area contributed by atoms with Gasteiger partial charge in [0.15, 0.2) is 0 Å². The molecule has 0 saturated heterocycles. The molecule has 1 aromatic rings. The Bertz CT molecular complexity index is 215. The zero-order valence-corrected chi connectivity index (χ0v) is 7.91. The average Bonchev–Trinajstić information content (AvgIpc) is 2.22. The minimum atomic E-state index is 1.20. The van der Waals surface area contributed by atoms with Crippen LogP contribution in [0.25, 0.3) is 0 Å². The van der Waals surface area contributed by atoms with Crippen molar-refractivity contribution in [1.29, 1.82) is 0 Å². The lowest BCUT2D eigenvalue weighted by atomic mass is 10.3. The molecule has 1 aromatic heterocycles. The number of aromatic nitrogens is 2. The van der Waals surface area contributed by atoms with Crippen LogP contribution < -0.4 is 0 Å². The van der Waals surface area contributed by atoms with E-state index in [0.29, 0.717) is 0 Å². The van der Waals surface area contributed by atoms with E-state index in [1.54, 1.807) is 12.4 Å². The number of hydrogen-bond acceptors (Lipinski definition) is 1. The van der Waals surface area contributed by atoms with Gasteiger partial charge in [-0.25, -0.2) is 0 Å². The highest BCUT2D eigenvalue weighted by Gasteiger charge is 1.70. The van der Waals surface area contributed by atoms with Crippen molar-refractivity contribution >= 4 is 0 Å². The molecular weight excluding hydrogens is 148 g/mol. The first-order valence-electron chi connectivity index (χ1n) is 4.18. The number of nitrogens with zero attached hydrogens (tertiary/aromatic N) is 1. The summed E-state index contributed by atoms with van der Waals surface area (Å²) in [4.78, 5) is 0. The molecule has 2 heteroatoms. The number of rotatable bonds is 0. The molecule has 2 nitrogen and oxygen atoms in total. The summed E-state index contributed by atoms with van der Waals surface area (Å²) in [5, 5.41) is 6.60. The first kappa shape index (κ1) is 10.7. The minimum Gasteiger partial charge on any atom is -0.286 e. The van der Waals surface area contributed by atoms with Crippen molar-refractivity contribution in [3.05, 3.63) is 42.2 Å². The third-order valence-electron chi connectivity index (χ3n) is 1.13. The molecule has 1 rings (SSSR count). The smallest absolute Gasteiger partial charge is 0.0472 e. The van der Waals surface area contributed by atoms with Crippen LogP contribution in [0.15, 0.2) is 36.7 Å². The van der Waals surface area contributed by atoms with E-state index < -0.39 is 0 Å². The van der Waals surface area contributed by atoms with Gasteiger partial charge in [-0.1, -0.05) is 26.0 Å². The maximum Gasteiger partial charge on any atom is 0.0472 e. The Balaban J connectivity index is 0.000000561. The molecule has 0 bridgehead atoms. The van der Waals surface area contributed by atoms with Gasteiger partial charge in [0.1, 0.15) is 0 Å². The Labute approximate surface area is 74.0 Å². The highest BCUT2D eigenvalue weighted by atomic mass is 15.1. The van der Waals surface area contributed by atoms with E-state index in [9.17, 15) is 0 Å². The van der Waals surface area contributed by atoms with E-state index in [-0.39, 0.29) is 0 Å². The van der Waals surface area contributed by atoms with Crippen LogP contribution in [-0.4, -0.2) is 10.2 Å². The lowest BCUT2D eigenvalue weighted by Crippen LogP contribution is -1.66. The number of aryl methyl sites for hydroxylation is 1. The quantitative estimate of drug-likeness (QED) is 0.627. The van der Waals surface area contributed by atoms with Crippen LogP contribution in [0.5, 0.6) is 0 Å². The van der Waals surface area contributed by atoms with Gasteiger partial charge in [-0.3, -0.25) is 5.10 Å². The minimum absolute atomic E-state index is 1.20. The van der Waals surface area contributed by atoms with Crippen LogP contribution >= 0.6 is 0 Å². The summed E-state index contributed by atoms with van der Waals surface area (Å²) in [5.74, 6) is 0. The van der Waals surface area contributed by atoms with Crippen molar-refractivity contribution in [2.24, 2.45) is 0 Å². The maximum absolute atomic E-state index is 3.84. The fraction of sp³-hybridized carbons (Fsp3) is 0.300. The topological polar surface area (TPSA) is 28.7 Å². The van der Waals surface area contributed by atoms with Crippen molar-refractivity contribution in [3.8, 4) is 0 Å². The highest BCUT2D eigenvalue weighted by Crippen LogP contribution is 1.87. The van der Waals surface area contributed by atoms with Gasteiger partial charge in [-0.05, 0) is 24.6 Å². The second kappa shape index (κ2) is 7.79. The van der Waals surface area contributed by atoms with E-state index in [1.165, 1.54) is 5.56 Å². The second-order valence-corrected chi connectivity index (χ2v) is 2.04. The molecule has 1 heterocycles. The second-order valence-electron chi connectivity index (χ2n) is 2.04. The Kier molecular flexibility index (Phi) is 6.94. The summed E-state index contributed by atoms with van der Waals surface area (Å²) < 4.78 is 0. The molecule has 0 aliphatic heterocycles. The van der Waals surface area contributed by atoms with Gasteiger partial charge in [-0.15, -0.1) is 0 Å². The third kappa shape index (κ3) is 5.47. The number of hydrogen-bond donors (Lipinski definition) is 1. The van der Waals surface area contributed by atoms with E-state index >= 15 is 0 Å². The molecule has 0 aliphatic rings. The predicted molar refractivity (Wildman–Crippen MR) is 52.3 cm³/mol. The summed E-state index contributed by atoms with van der Waals surface area (Å²) in [6, 6.07) is 7.82. The first-order valence-corrected chi connectivity index (χ1v) is 4.18. The largest absolute Gasteiger partial charge is 0.286 e. The monoisotopic (exact) mass is 164 g/mol. The zero-order valence-electron chi connectivity index (χ0n) is 7.91. The van der Waals surface area contributed by atoms with Crippen molar-refractivity contribution < 1.29 is 0 Å². The number of nitrogens with one attached hydrogen (secondary N) is 1. The van der Waals surface area contributed by atoms with Gasteiger partial charge >= 0.3 is 0 Å². The molecule has 0 saturated carbocycles. The van der Waals surface area contributed by atoms with Gasteiger partial charge in [0, 0.05) is 12.4 Å². The van der Waals surface area contributed by atoms with Crippen LogP contribution in [0.3, 0.4) is 0 Å². The molecule has 0 spiro atoms. The molecule has 66 valence electrons. The van der Waals surface area contributed by atoms with Crippen LogP contribution in [0.2, 0.25) is 0 Å². The molecule has 0 amide bonds. The van der Waals surface area contributed by atoms with Crippen molar-refractivity contribution in [1.82, 2.24) is 10.2 Å². The predicted octanol–water partition coefficient (Wildman–Crippen LogP) is 2.87. The standard InChI is InChI=1S/C8H10N2.C2H6/c1-8-4-2-3-6-9-10-7-5-8;1-2/h2-7,10H,1H3;1-2H3. The number of H-pyrrole nitrogens is 1. The Hall–Kier alpha value is -1.31. The fourth-order valence-electron chi connectivity index (χ4n) is 0.610. The lowest BCUT2D eigenvalue weighted by molar-refractivity contribution is 1.05. The third-order valence-corrected chi connectivity index (χ3v) is 1.13. The molecule has 0 fully saturated rings. The zero-order chi connectivity index (χ0) is 9.23. The summed E-state index contributed by atoms with van der Waals surface area (Å²) in [6.45, 7) is 6.04. The summed E-state index contributed by atoms with van der Waals surface area (Å²) in [7, 11) is 0. The van der Waals surface area contributed by atoms with E-state index in [4.69, 9.17) is 0 Å². The normalized spacial score (nSPS) is 7.58. The summed E-state index contributed by atoms with van der Waals surface area (Å²) >= 11 is 0. The fourth-order valence-corrected chi connectivity index (χ4v) is 0.610. The average molecular weight is 164 g/mol. The van der Waals surface area contributed by atoms with E-state index in [0.717, 1.165) is 0 Å². The van der Waals surface area contributed by atoms with Crippen molar-refractivity contribution in [3.63, 3.8) is 0 Å². The first-order chi connectivity index (χ1) is 5.89. The highest BCUT2D eigenvalue weighted by molar-refractivity contribution is 5.05. The van der Waals surface area contributed by atoms with Gasteiger partial charge in [0.05, 0.1) is 0 Å². The van der Waals surface area contributed by atoms with Crippen LogP contribution in [0, 0.1) is 6.92 Å². The van der Waals surface area contributed by atoms with Crippen molar-refractivity contribution in [2.45, 2.75) is 20.8 Å². The molecular formula is C10H16N2. The van der Waals surface area contributed by atoms with Crippen LogP contribution in [-0.2, 0) is 0 Å². The van der Waals surface area contributed by atoms with Gasteiger partial charge in [0.2, 0.25) is 0 Å². The SMILES string of the molecule is CC.Cc1ccccn[nH]cc1. The van der Waals surface area contributed by atoms with E-state index in [2.05, 4.69) is 10.2 Å². The Morgan fingerprint density at radius 3 is 2.67 bits per heavy atom. The van der Waals surface area contributed by atoms with Crippen LogP contribution in [0.4, 0.5) is 0 Å². The molecule has 1 N–H and O–H groups in total. The lowest BCUT2D eigenvalue weighted by Gasteiger charge is -1.76.